The Morgan fingerprint density at radius 3 is 2.05 bits per heavy atom. The molecule has 2 nitrogen and oxygen atoms in total. The Kier molecular flexibility index (Phi) is 7.58. The lowest BCUT2D eigenvalue weighted by Crippen LogP contribution is -2.50. The highest BCUT2D eigenvalue weighted by atomic mass is 32.2. The predicted octanol–water partition coefficient (Wildman–Crippen LogP) is 4.19. The van der Waals surface area contributed by atoms with Gasteiger partial charge in [0, 0.05) is 0 Å². The van der Waals surface area contributed by atoms with Crippen LogP contribution in [0.5, 0.6) is 0 Å². The second-order valence-electron chi connectivity index (χ2n) is 5.99. The van der Waals surface area contributed by atoms with Crippen molar-refractivity contribution in [2.45, 2.75) is 77.3 Å². The third-order valence-electron chi connectivity index (χ3n) is 2.97. The maximum atomic E-state index is 13.0. The molecule has 0 aliphatic carbocycles. The minimum atomic E-state index is -4.37. The Morgan fingerprint density at radius 1 is 1.16 bits per heavy atom. The second kappa shape index (κ2) is 7.62. The molecule has 0 aromatic heterocycles. The molecule has 0 rings (SSSR count). The quantitative estimate of drug-likeness (QED) is 0.702. The summed E-state index contributed by atoms with van der Waals surface area (Å²) in [5, 5.41) is 0. The van der Waals surface area contributed by atoms with Crippen molar-refractivity contribution in [1.82, 2.24) is 4.72 Å². The van der Waals surface area contributed by atoms with Gasteiger partial charge in [-0.05, 0) is 33.1 Å². The largest absolute Gasteiger partial charge is 0.405 e. The summed E-state index contributed by atoms with van der Waals surface area (Å²) in [5.74, 6) is -0.571. The van der Waals surface area contributed by atoms with Crippen molar-refractivity contribution in [2.75, 3.05) is 0 Å². The van der Waals surface area contributed by atoms with Gasteiger partial charge in [-0.25, -0.2) is 8.93 Å². The minimum absolute atomic E-state index is 0.492. The molecule has 3 atom stereocenters. The number of halogens is 3. The van der Waals surface area contributed by atoms with Gasteiger partial charge in [0.2, 0.25) is 0 Å². The molecule has 0 saturated heterocycles. The van der Waals surface area contributed by atoms with E-state index in [-0.39, 0.29) is 0 Å². The number of rotatable bonds is 7. The molecule has 0 amide bonds. The lowest BCUT2D eigenvalue weighted by molar-refractivity contribution is -0.162. The Morgan fingerprint density at radius 2 is 1.68 bits per heavy atom. The third-order valence-corrected chi connectivity index (χ3v) is 4.56. The summed E-state index contributed by atoms with van der Waals surface area (Å²) in [7, 11) is -1.71. The SMILES string of the molecule is CCCCC[C@H](C)[C@H](N[S@@](=O)C(C)(C)C)C(F)(F)F. The first-order valence-electron chi connectivity index (χ1n) is 6.75. The van der Waals surface area contributed by atoms with Crippen molar-refractivity contribution in [3.05, 3.63) is 0 Å². The standard InChI is InChI=1S/C13H26F3NOS/c1-6-7-8-9-10(2)11(13(14,15)16)17-19(18)12(3,4)5/h10-11,17H,6-9H2,1-5H3/t10-,11-,19-/m0/s1. The van der Waals surface area contributed by atoms with Crippen LogP contribution < -0.4 is 4.72 Å². The number of hydrogen-bond donors (Lipinski definition) is 1. The van der Waals surface area contributed by atoms with E-state index in [2.05, 4.69) is 4.72 Å². The summed E-state index contributed by atoms with van der Waals surface area (Å²) < 4.78 is 52.5. The average Bonchev–Trinajstić information content (AvgIpc) is 2.22. The smallest absolute Gasteiger partial charge is 0.242 e. The molecule has 0 fully saturated rings. The van der Waals surface area contributed by atoms with Crippen molar-refractivity contribution in [3.8, 4) is 0 Å². The highest BCUT2D eigenvalue weighted by Gasteiger charge is 2.44. The first-order chi connectivity index (χ1) is 8.50. The number of nitrogens with one attached hydrogen (secondary N) is 1. The first-order valence-corrected chi connectivity index (χ1v) is 7.90. The molecule has 1 N–H and O–H groups in total. The van der Waals surface area contributed by atoms with Crippen LogP contribution in [0.15, 0.2) is 0 Å². The monoisotopic (exact) mass is 301 g/mol. The Balaban J connectivity index is 4.70. The number of alkyl halides is 3. The first kappa shape index (κ1) is 18.9. The van der Waals surface area contributed by atoms with Gasteiger partial charge in [0.15, 0.2) is 0 Å². The molecular formula is C13H26F3NOS. The van der Waals surface area contributed by atoms with Gasteiger partial charge in [-0.1, -0.05) is 33.1 Å². The maximum Gasteiger partial charge on any atom is 0.405 e. The Hall–Kier alpha value is -0.100. The van der Waals surface area contributed by atoms with Crippen LogP contribution >= 0.6 is 0 Å². The van der Waals surface area contributed by atoms with Gasteiger partial charge in [-0.3, -0.25) is 0 Å². The van der Waals surface area contributed by atoms with Crippen molar-refractivity contribution in [1.29, 1.82) is 0 Å². The molecule has 0 aliphatic heterocycles. The summed E-state index contributed by atoms with van der Waals surface area (Å²) in [6.45, 7) is 8.56. The van der Waals surface area contributed by atoms with Crippen LogP contribution in [0, 0.1) is 5.92 Å². The van der Waals surface area contributed by atoms with E-state index in [1.54, 1.807) is 27.7 Å². The Bertz CT molecular complexity index is 287. The molecule has 6 heteroatoms. The van der Waals surface area contributed by atoms with E-state index < -0.39 is 33.9 Å². The molecule has 0 aromatic carbocycles. The molecule has 0 spiro atoms. The van der Waals surface area contributed by atoms with Crippen molar-refractivity contribution < 1.29 is 17.4 Å². The fraction of sp³-hybridized carbons (Fsp3) is 1.00. The van der Waals surface area contributed by atoms with Gasteiger partial charge in [0.25, 0.3) is 0 Å². The van der Waals surface area contributed by atoms with Gasteiger partial charge >= 0.3 is 6.18 Å². The van der Waals surface area contributed by atoms with E-state index in [4.69, 9.17) is 0 Å². The zero-order valence-electron chi connectivity index (χ0n) is 12.4. The summed E-state index contributed by atoms with van der Waals surface area (Å²) in [5.41, 5.74) is 0. The fourth-order valence-electron chi connectivity index (χ4n) is 1.68. The molecule has 0 aliphatic rings. The predicted molar refractivity (Wildman–Crippen MR) is 74.2 cm³/mol. The number of hydrogen-bond acceptors (Lipinski definition) is 1. The van der Waals surface area contributed by atoms with E-state index in [1.165, 1.54) is 0 Å². The van der Waals surface area contributed by atoms with E-state index in [0.29, 0.717) is 6.42 Å². The fourth-order valence-corrected chi connectivity index (χ4v) is 2.63. The van der Waals surface area contributed by atoms with Crippen LogP contribution in [-0.2, 0) is 11.0 Å². The van der Waals surface area contributed by atoms with Crippen molar-refractivity contribution in [3.63, 3.8) is 0 Å². The molecule has 116 valence electrons. The maximum absolute atomic E-state index is 13.0. The summed E-state index contributed by atoms with van der Waals surface area (Å²) in [6.07, 6.45) is -1.20. The lowest BCUT2D eigenvalue weighted by Gasteiger charge is -2.30. The van der Waals surface area contributed by atoms with Gasteiger partial charge < -0.3 is 0 Å². The zero-order valence-corrected chi connectivity index (χ0v) is 13.3. The van der Waals surface area contributed by atoms with E-state index in [1.807, 2.05) is 6.92 Å². The van der Waals surface area contributed by atoms with Gasteiger partial charge in [-0.15, -0.1) is 0 Å². The topological polar surface area (TPSA) is 29.1 Å². The third kappa shape index (κ3) is 7.30. The van der Waals surface area contributed by atoms with E-state index in [9.17, 15) is 17.4 Å². The zero-order chi connectivity index (χ0) is 15.3. The minimum Gasteiger partial charge on any atom is -0.242 e. The average molecular weight is 301 g/mol. The molecule has 0 heterocycles. The normalized spacial score (nSPS) is 18.1. The molecule has 0 radical (unpaired) electrons. The van der Waals surface area contributed by atoms with Crippen LogP contribution in [-0.4, -0.2) is 21.2 Å². The lowest BCUT2D eigenvalue weighted by atomic mass is 9.95. The van der Waals surface area contributed by atoms with Gasteiger partial charge in [-0.2, -0.15) is 13.2 Å². The van der Waals surface area contributed by atoms with Crippen molar-refractivity contribution >= 4 is 11.0 Å². The van der Waals surface area contributed by atoms with Crippen LogP contribution in [0.2, 0.25) is 0 Å². The highest BCUT2D eigenvalue weighted by molar-refractivity contribution is 7.84. The summed E-state index contributed by atoms with van der Waals surface area (Å²) in [6, 6.07) is -1.70. The van der Waals surface area contributed by atoms with Gasteiger partial charge in [0.1, 0.15) is 6.04 Å². The van der Waals surface area contributed by atoms with E-state index >= 15 is 0 Å². The van der Waals surface area contributed by atoms with E-state index in [0.717, 1.165) is 19.3 Å². The van der Waals surface area contributed by atoms with Crippen LogP contribution in [0.25, 0.3) is 0 Å². The summed E-state index contributed by atoms with van der Waals surface area (Å²) >= 11 is 0. The van der Waals surface area contributed by atoms with Crippen LogP contribution in [0.3, 0.4) is 0 Å². The number of unbranched alkanes of at least 4 members (excludes halogenated alkanes) is 2. The van der Waals surface area contributed by atoms with Crippen LogP contribution in [0.4, 0.5) is 13.2 Å². The van der Waals surface area contributed by atoms with Gasteiger partial charge in [0.05, 0.1) is 15.7 Å². The highest BCUT2D eigenvalue weighted by Crippen LogP contribution is 2.29. The van der Waals surface area contributed by atoms with Crippen LogP contribution in [0.1, 0.15) is 60.3 Å². The van der Waals surface area contributed by atoms with Crippen molar-refractivity contribution in [2.24, 2.45) is 5.92 Å². The summed E-state index contributed by atoms with van der Waals surface area (Å²) in [4.78, 5) is 0. The molecule has 0 saturated carbocycles. The Labute approximate surface area is 117 Å². The molecule has 0 aromatic rings. The molecular weight excluding hydrogens is 275 g/mol. The second-order valence-corrected chi connectivity index (χ2v) is 7.99. The molecule has 19 heavy (non-hydrogen) atoms. The molecule has 0 bridgehead atoms. The molecule has 0 unspecified atom stereocenters.